The average Bonchev–Trinajstić information content (AvgIpc) is 2.99. The molecule has 120 valence electrons. The van der Waals surface area contributed by atoms with E-state index in [2.05, 4.69) is 5.32 Å². The van der Waals surface area contributed by atoms with E-state index in [9.17, 15) is 9.50 Å². The van der Waals surface area contributed by atoms with Gasteiger partial charge in [-0.1, -0.05) is 18.2 Å². The molecule has 1 atom stereocenters. The van der Waals surface area contributed by atoms with Crippen molar-refractivity contribution < 1.29 is 14.2 Å². The molecule has 0 spiro atoms. The fourth-order valence-corrected chi connectivity index (χ4v) is 2.74. The number of aliphatic hydroxyl groups excluding tert-OH is 1. The molecule has 22 heavy (non-hydrogen) atoms. The summed E-state index contributed by atoms with van der Waals surface area (Å²) in [7, 11) is 0. The van der Waals surface area contributed by atoms with Gasteiger partial charge in [-0.25, -0.2) is 4.39 Å². The Morgan fingerprint density at radius 2 is 2.14 bits per heavy atom. The van der Waals surface area contributed by atoms with Crippen molar-refractivity contribution in [1.29, 1.82) is 0 Å². The molecule has 1 aromatic carbocycles. The highest BCUT2D eigenvalue weighted by molar-refractivity contribution is 7.09. The van der Waals surface area contributed by atoms with Crippen molar-refractivity contribution in [3.63, 3.8) is 0 Å². The van der Waals surface area contributed by atoms with E-state index in [0.717, 1.165) is 10.4 Å². The molecule has 0 saturated heterocycles. The number of rotatable bonds is 8. The molecule has 1 unspecified atom stereocenters. The first-order chi connectivity index (χ1) is 10.5. The number of nitrogens with one attached hydrogen (secondary N) is 1. The third-order valence-electron chi connectivity index (χ3n) is 3.46. The molecule has 0 aliphatic heterocycles. The minimum atomic E-state index is -0.604. The highest BCUT2D eigenvalue weighted by Gasteiger charge is 2.21. The number of hydrogen-bond acceptors (Lipinski definition) is 4. The van der Waals surface area contributed by atoms with E-state index < -0.39 is 11.6 Å². The van der Waals surface area contributed by atoms with E-state index >= 15 is 0 Å². The van der Waals surface area contributed by atoms with Crippen molar-refractivity contribution >= 4 is 11.3 Å². The number of hydrogen-bond donors (Lipinski definition) is 2. The van der Waals surface area contributed by atoms with Crippen LogP contribution in [-0.4, -0.2) is 24.4 Å². The van der Waals surface area contributed by atoms with Crippen LogP contribution in [0.4, 0.5) is 4.39 Å². The Morgan fingerprint density at radius 1 is 1.32 bits per heavy atom. The predicted molar refractivity (Wildman–Crippen MR) is 87.4 cm³/mol. The van der Waals surface area contributed by atoms with Gasteiger partial charge in [0, 0.05) is 17.0 Å². The zero-order valence-corrected chi connectivity index (χ0v) is 13.7. The largest absolute Gasteiger partial charge is 0.389 e. The number of aliphatic hydroxyl groups is 1. The molecule has 0 aliphatic carbocycles. The first kappa shape index (κ1) is 17.1. The van der Waals surface area contributed by atoms with E-state index in [1.54, 1.807) is 17.4 Å². The van der Waals surface area contributed by atoms with Gasteiger partial charge < -0.3 is 15.2 Å². The van der Waals surface area contributed by atoms with Crippen LogP contribution in [0.15, 0.2) is 41.8 Å². The molecule has 0 saturated carbocycles. The number of halogens is 1. The topological polar surface area (TPSA) is 41.5 Å². The van der Waals surface area contributed by atoms with Gasteiger partial charge in [0.1, 0.15) is 5.82 Å². The minimum Gasteiger partial charge on any atom is -0.389 e. The van der Waals surface area contributed by atoms with Gasteiger partial charge in [-0.2, -0.15) is 0 Å². The molecule has 3 nitrogen and oxygen atoms in total. The summed E-state index contributed by atoms with van der Waals surface area (Å²) < 4.78 is 18.8. The van der Waals surface area contributed by atoms with E-state index in [4.69, 9.17) is 4.74 Å². The summed E-state index contributed by atoms with van der Waals surface area (Å²) in [5, 5.41) is 15.2. The summed E-state index contributed by atoms with van der Waals surface area (Å²) in [4.78, 5) is 1.14. The SMILES string of the molecule is CC(C)(NCC(O)COCc1cccs1)c1cccc(F)c1. The molecule has 0 fully saturated rings. The molecule has 5 heteroatoms. The summed E-state index contributed by atoms with van der Waals surface area (Å²) in [6, 6.07) is 10.5. The number of thiophene rings is 1. The van der Waals surface area contributed by atoms with Crippen LogP contribution in [0.2, 0.25) is 0 Å². The summed E-state index contributed by atoms with van der Waals surface area (Å²) in [5.41, 5.74) is 0.427. The van der Waals surface area contributed by atoms with Crippen molar-refractivity contribution in [2.75, 3.05) is 13.2 Å². The lowest BCUT2D eigenvalue weighted by Crippen LogP contribution is -2.42. The molecule has 0 bridgehead atoms. The fourth-order valence-electron chi connectivity index (χ4n) is 2.10. The lowest BCUT2D eigenvalue weighted by atomic mass is 9.94. The predicted octanol–water partition coefficient (Wildman–Crippen LogP) is 3.29. The van der Waals surface area contributed by atoms with E-state index in [0.29, 0.717) is 13.2 Å². The van der Waals surface area contributed by atoms with Crippen LogP contribution in [0.3, 0.4) is 0 Å². The van der Waals surface area contributed by atoms with Gasteiger partial charge in [-0.15, -0.1) is 11.3 Å². The van der Waals surface area contributed by atoms with Crippen LogP contribution in [0.25, 0.3) is 0 Å². The quantitative estimate of drug-likeness (QED) is 0.783. The van der Waals surface area contributed by atoms with E-state index in [1.807, 2.05) is 37.4 Å². The lowest BCUT2D eigenvalue weighted by Gasteiger charge is -2.28. The maximum absolute atomic E-state index is 13.3. The van der Waals surface area contributed by atoms with Gasteiger partial charge in [0.15, 0.2) is 0 Å². The highest BCUT2D eigenvalue weighted by atomic mass is 32.1. The number of ether oxygens (including phenoxy) is 1. The highest BCUT2D eigenvalue weighted by Crippen LogP contribution is 2.20. The van der Waals surface area contributed by atoms with Gasteiger partial charge in [-0.3, -0.25) is 0 Å². The van der Waals surface area contributed by atoms with Crippen LogP contribution >= 0.6 is 11.3 Å². The van der Waals surface area contributed by atoms with E-state index in [-0.39, 0.29) is 12.4 Å². The Hall–Kier alpha value is -1.27. The Bertz CT molecular complexity index is 572. The molecule has 1 heterocycles. The van der Waals surface area contributed by atoms with Crippen LogP contribution < -0.4 is 5.32 Å². The zero-order valence-electron chi connectivity index (χ0n) is 12.9. The smallest absolute Gasteiger partial charge is 0.123 e. The maximum Gasteiger partial charge on any atom is 0.123 e. The van der Waals surface area contributed by atoms with Gasteiger partial charge in [0.2, 0.25) is 0 Å². The van der Waals surface area contributed by atoms with E-state index in [1.165, 1.54) is 12.1 Å². The molecule has 0 aliphatic rings. The first-order valence-electron chi connectivity index (χ1n) is 7.26. The third kappa shape index (κ3) is 5.18. The average molecular weight is 323 g/mol. The van der Waals surface area contributed by atoms with Crippen LogP contribution in [0.1, 0.15) is 24.3 Å². The van der Waals surface area contributed by atoms with Gasteiger partial charge in [-0.05, 0) is 43.0 Å². The molecular formula is C17H22FNO2S. The standard InChI is InChI=1S/C17H22FNO2S/c1-17(2,13-5-3-6-14(18)9-13)19-10-15(20)11-21-12-16-7-4-8-22-16/h3-9,15,19-20H,10-12H2,1-2H3. The van der Waals surface area contributed by atoms with Crippen LogP contribution in [0.5, 0.6) is 0 Å². The molecule has 2 rings (SSSR count). The van der Waals surface area contributed by atoms with Crippen LogP contribution in [0, 0.1) is 5.82 Å². The molecule has 2 aromatic rings. The van der Waals surface area contributed by atoms with Crippen molar-refractivity contribution in [1.82, 2.24) is 5.32 Å². The second-order valence-electron chi connectivity index (χ2n) is 5.76. The van der Waals surface area contributed by atoms with Crippen molar-refractivity contribution in [2.45, 2.75) is 32.1 Å². The van der Waals surface area contributed by atoms with Crippen molar-refractivity contribution in [2.24, 2.45) is 0 Å². The maximum atomic E-state index is 13.3. The fraction of sp³-hybridized carbons (Fsp3) is 0.412. The monoisotopic (exact) mass is 323 g/mol. The summed E-state index contributed by atoms with van der Waals surface area (Å²) in [5.74, 6) is -0.257. The zero-order chi connectivity index (χ0) is 16.0. The van der Waals surface area contributed by atoms with Gasteiger partial charge in [0.25, 0.3) is 0 Å². The Morgan fingerprint density at radius 3 is 2.82 bits per heavy atom. The van der Waals surface area contributed by atoms with Crippen molar-refractivity contribution in [3.05, 3.63) is 58.0 Å². The third-order valence-corrected chi connectivity index (χ3v) is 4.31. The van der Waals surface area contributed by atoms with Gasteiger partial charge >= 0.3 is 0 Å². The Labute approximate surface area is 134 Å². The lowest BCUT2D eigenvalue weighted by molar-refractivity contribution is 0.0265. The summed E-state index contributed by atoms with van der Waals surface area (Å²) in [6.45, 7) is 5.09. The molecular weight excluding hydrogens is 301 g/mol. The molecule has 0 amide bonds. The molecule has 2 N–H and O–H groups in total. The summed E-state index contributed by atoms with van der Waals surface area (Å²) in [6.07, 6.45) is -0.604. The second-order valence-corrected chi connectivity index (χ2v) is 6.80. The van der Waals surface area contributed by atoms with Crippen molar-refractivity contribution in [3.8, 4) is 0 Å². The molecule has 0 radical (unpaired) electrons. The summed E-state index contributed by atoms with van der Waals surface area (Å²) >= 11 is 1.63. The first-order valence-corrected chi connectivity index (χ1v) is 8.14. The van der Waals surface area contributed by atoms with Crippen LogP contribution in [-0.2, 0) is 16.9 Å². The Balaban J connectivity index is 1.76. The Kier molecular flexibility index (Phi) is 6.08. The minimum absolute atomic E-state index is 0.257. The normalized spacial score (nSPS) is 13.3. The number of benzene rings is 1. The molecule has 1 aromatic heterocycles. The van der Waals surface area contributed by atoms with Gasteiger partial charge in [0.05, 0.1) is 19.3 Å². The second kappa shape index (κ2) is 7.83.